The molecule has 0 aromatic rings. The molecule has 0 aliphatic heterocycles. The van der Waals surface area contributed by atoms with Crippen molar-refractivity contribution in [2.24, 2.45) is 0 Å². The van der Waals surface area contributed by atoms with Crippen molar-refractivity contribution in [3.63, 3.8) is 0 Å². The summed E-state index contributed by atoms with van der Waals surface area (Å²) >= 11 is 0. The minimum absolute atomic E-state index is 0.00382. The van der Waals surface area contributed by atoms with E-state index >= 15 is 0 Å². The molecule has 0 radical (unpaired) electrons. The second kappa shape index (κ2) is 3.91. The minimum Gasteiger partial charge on any atom is -0.394 e. The first-order valence-corrected chi connectivity index (χ1v) is 3.43. The van der Waals surface area contributed by atoms with Gasteiger partial charge in [0.25, 0.3) is 0 Å². The van der Waals surface area contributed by atoms with Crippen LogP contribution in [0.3, 0.4) is 0 Å². The number of ether oxygens (including phenoxy) is 1. The van der Waals surface area contributed by atoms with Crippen LogP contribution >= 0.6 is 0 Å². The summed E-state index contributed by atoms with van der Waals surface area (Å²) in [6, 6.07) is 0. The summed E-state index contributed by atoms with van der Waals surface area (Å²) in [5, 5.41) is 17.5. The van der Waals surface area contributed by atoms with Gasteiger partial charge in [-0.3, -0.25) is 0 Å². The van der Waals surface area contributed by atoms with Gasteiger partial charge in [-0.1, -0.05) is 0 Å². The van der Waals surface area contributed by atoms with Gasteiger partial charge in [0.2, 0.25) is 0 Å². The lowest BCUT2D eigenvalue weighted by atomic mass is 10.0. The Morgan fingerprint density at radius 1 is 1.50 bits per heavy atom. The molecule has 0 heterocycles. The summed E-state index contributed by atoms with van der Waals surface area (Å²) < 4.78 is 5.14. The van der Waals surface area contributed by atoms with E-state index in [1.165, 1.54) is 0 Å². The molecule has 0 rings (SSSR count). The molecule has 3 nitrogen and oxygen atoms in total. The summed E-state index contributed by atoms with van der Waals surface area (Å²) in [6.07, 6.45) is -0.515. The van der Waals surface area contributed by atoms with E-state index in [2.05, 4.69) is 0 Å². The summed E-state index contributed by atoms with van der Waals surface area (Å²) in [7, 11) is 0. The first-order chi connectivity index (χ1) is 4.50. The summed E-state index contributed by atoms with van der Waals surface area (Å²) in [5.41, 5.74) is -0.553. The Hall–Kier alpha value is -0.120. The smallest absolute Gasteiger partial charge is 0.0882 e. The van der Waals surface area contributed by atoms with Crippen molar-refractivity contribution in [1.82, 2.24) is 0 Å². The Kier molecular flexibility index (Phi) is 3.86. The lowest BCUT2D eigenvalue weighted by Crippen LogP contribution is -2.37. The third-order valence-corrected chi connectivity index (χ3v) is 1.57. The number of hydrogen-bond donors (Lipinski definition) is 2. The highest BCUT2D eigenvalue weighted by Gasteiger charge is 2.23. The van der Waals surface area contributed by atoms with Crippen LogP contribution in [0.4, 0.5) is 0 Å². The van der Waals surface area contributed by atoms with Crippen molar-refractivity contribution < 1.29 is 14.9 Å². The van der Waals surface area contributed by atoms with E-state index in [-0.39, 0.29) is 13.2 Å². The van der Waals surface area contributed by atoms with Crippen LogP contribution < -0.4 is 0 Å². The molecule has 0 aromatic heterocycles. The zero-order valence-electron chi connectivity index (χ0n) is 6.79. The molecule has 0 saturated heterocycles. The highest BCUT2D eigenvalue weighted by Crippen LogP contribution is 2.13. The van der Waals surface area contributed by atoms with Crippen molar-refractivity contribution in [3.05, 3.63) is 0 Å². The maximum absolute atomic E-state index is 9.10. The quantitative estimate of drug-likeness (QED) is 0.597. The van der Waals surface area contributed by atoms with Crippen molar-refractivity contribution in [2.45, 2.75) is 32.5 Å². The summed E-state index contributed by atoms with van der Waals surface area (Å²) in [6.45, 7) is 5.51. The van der Waals surface area contributed by atoms with E-state index in [9.17, 15) is 0 Å². The van der Waals surface area contributed by atoms with Crippen LogP contribution in [-0.4, -0.2) is 35.1 Å². The second-order valence-corrected chi connectivity index (χ2v) is 2.85. The van der Waals surface area contributed by atoms with Crippen LogP contribution in [0, 0.1) is 0 Å². The first-order valence-electron chi connectivity index (χ1n) is 3.43. The van der Waals surface area contributed by atoms with Gasteiger partial charge in [0.1, 0.15) is 0 Å². The second-order valence-electron chi connectivity index (χ2n) is 2.85. The van der Waals surface area contributed by atoms with Crippen LogP contribution in [0.2, 0.25) is 0 Å². The molecule has 0 saturated carbocycles. The predicted octanol–water partition coefficient (Wildman–Crippen LogP) is 0.155. The molecule has 0 bridgehead atoms. The standard InChI is InChI=1S/C7H16O3/c1-6(9)7(2,3)10-5-4-8/h6,8-9H,4-5H2,1-3H3. The van der Waals surface area contributed by atoms with Gasteiger partial charge in [-0.05, 0) is 20.8 Å². The Morgan fingerprint density at radius 2 is 2.00 bits per heavy atom. The SMILES string of the molecule is CC(O)C(C)(C)OCCO. The van der Waals surface area contributed by atoms with Crippen LogP contribution in [0.15, 0.2) is 0 Å². The van der Waals surface area contributed by atoms with Gasteiger partial charge in [0.05, 0.1) is 24.9 Å². The molecule has 0 spiro atoms. The van der Waals surface area contributed by atoms with E-state index in [0.717, 1.165) is 0 Å². The Balaban J connectivity index is 3.63. The van der Waals surface area contributed by atoms with Crippen molar-refractivity contribution in [1.29, 1.82) is 0 Å². The Labute approximate surface area is 61.6 Å². The van der Waals surface area contributed by atoms with E-state index < -0.39 is 11.7 Å². The fourth-order valence-corrected chi connectivity index (χ4v) is 0.429. The lowest BCUT2D eigenvalue weighted by Gasteiger charge is -2.27. The Bertz CT molecular complexity index is 88.9. The molecule has 10 heavy (non-hydrogen) atoms. The monoisotopic (exact) mass is 148 g/mol. The molecule has 0 aliphatic rings. The predicted molar refractivity (Wildman–Crippen MR) is 38.8 cm³/mol. The molecular weight excluding hydrogens is 132 g/mol. The number of aliphatic hydroxyl groups excluding tert-OH is 2. The molecule has 0 amide bonds. The fraction of sp³-hybridized carbons (Fsp3) is 1.00. The van der Waals surface area contributed by atoms with Gasteiger partial charge in [-0.15, -0.1) is 0 Å². The van der Waals surface area contributed by atoms with E-state index in [4.69, 9.17) is 14.9 Å². The van der Waals surface area contributed by atoms with E-state index in [1.54, 1.807) is 20.8 Å². The largest absolute Gasteiger partial charge is 0.394 e. The molecule has 2 N–H and O–H groups in total. The molecular formula is C7H16O3. The lowest BCUT2D eigenvalue weighted by molar-refractivity contribution is -0.101. The maximum Gasteiger partial charge on any atom is 0.0882 e. The van der Waals surface area contributed by atoms with Crippen LogP contribution in [0.5, 0.6) is 0 Å². The van der Waals surface area contributed by atoms with Gasteiger partial charge in [0, 0.05) is 0 Å². The third kappa shape index (κ3) is 3.15. The van der Waals surface area contributed by atoms with Gasteiger partial charge < -0.3 is 14.9 Å². The van der Waals surface area contributed by atoms with Crippen LogP contribution in [-0.2, 0) is 4.74 Å². The summed E-state index contributed by atoms with van der Waals surface area (Å²) in [5.74, 6) is 0. The molecule has 0 aliphatic carbocycles. The van der Waals surface area contributed by atoms with Crippen LogP contribution in [0.1, 0.15) is 20.8 Å². The highest BCUT2D eigenvalue weighted by molar-refractivity contribution is 4.74. The van der Waals surface area contributed by atoms with Crippen LogP contribution in [0.25, 0.3) is 0 Å². The number of rotatable bonds is 4. The third-order valence-electron chi connectivity index (χ3n) is 1.57. The Morgan fingerprint density at radius 3 is 2.30 bits per heavy atom. The molecule has 62 valence electrons. The molecule has 0 aromatic carbocycles. The number of hydrogen-bond acceptors (Lipinski definition) is 3. The van der Waals surface area contributed by atoms with E-state index in [0.29, 0.717) is 0 Å². The van der Waals surface area contributed by atoms with E-state index in [1.807, 2.05) is 0 Å². The highest BCUT2D eigenvalue weighted by atomic mass is 16.5. The van der Waals surface area contributed by atoms with Gasteiger partial charge in [-0.2, -0.15) is 0 Å². The topological polar surface area (TPSA) is 49.7 Å². The van der Waals surface area contributed by atoms with Crippen molar-refractivity contribution in [2.75, 3.05) is 13.2 Å². The van der Waals surface area contributed by atoms with Crippen molar-refractivity contribution in [3.8, 4) is 0 Å². The average molecular weight is 148 g/mol. The fourth-order valence-electron chi connectivity index (χ4n) is 0.429. The maximum atomic E-state index is 9.10. The zero-order chi connectivity index (χ0) is 8.20. The van der Waals surface area contributed by atoms with Crippen molar-refractivity contribution >= 4 is 0 Å². The average Bonchev–Trinajstić information content (AvgIpc) is 1.84. The van der Waals surface area contributed by atoms with Gasteiger partial charge in [0.15, 0.2) is 0 Å². The number of aliphatic hydroxyl groups is 2. The molecule has 0 fully saturated rings. The first kappa shape index (κ1) is 9.88. The summed E-state index contributed by atoms with van der Waals surface area (Å²) in [4.78, 5) is 0. The molecule has 1 atom stereocenters. The zero-order valence-corrected chi connectivity index (χ0v) is 6.79. The van der Waals surface area contributed by atoms with Gasteiger partial charge in [-0.25, -0.2) is 0 Å². The minimum atomic E-state index is -0.553. The van der Waals surface area contributed by atoms with Gasteiger partial charge >= 0.3 is 0 Å². The molecule has 1 unspecified atom stereocenters. The molecule has 3 heteroatoms. The normalized spacial score (nSPS) is 15.3.